The Kier molecular flexibility index (Phi) is 2.12. The van der Waals surface area contributed by atoms with E-state index in [2.05, 4.69) is 20.4 Å². The van der Waals surface area contributed by atoms with Gasteiger partial charge < -0.3 is 0 Å². The molecule has 3 aliphatic carbocycles. The standard InChI is InChI=1S/C15H22O/c1-9-6-12-11(3)8-15(14(12)16)5-4-10(2)13(15)7-9/h10-13H,1,4-8H2,2-3H3/t10-,11+,12+,13-,15+/m0/s1. The van der Waals surface area contributed by atoms with E-state index in [1.54, 1.807) is 0 Å². The molecule has 0 aromatic rings. The van der Waals surface area contributed by atoms with Crippen LogP contribution in [0.2, 0.25) is 0 Å². The predicted molar refractivity (Wildman–Crippen MR) is 65.0 cm³/mol. The molecule has 3 aliphatic rings. The molecule has 0 saturated heterocycles. The van der Waals surface area contributed by atoms with Gasteiger partial charge in [-0.2, -0.15) is 0 Å². The number of rotatable bonds is 0. The lowest BCUT2D eigenvalue weighted by Gasteiger charge is -2.31. The van der Waals surface area contributed by atoms with E-state index < -0.39 is 0 Å². The molecule has 1 heteroatoms. The van der Waals surface area contributed by atoms with Gasteiger partial charge in [0.05, 0.1) is 0 Å². The summed E-state index contributed by atoms with van der Waals surface area (Å²) in [7, 11) is 0. The normalized spacial score (nSPS) is 51.6. The first kappa shape index (κ1) is 10.6. The second-order valence-electron chi connectivity index (χ2n) is 6.59. The van der Waals surface area contributed by atoms with E-state index in [4.69, 9.17) is 0 Å². The minimum absolute atomic E-state index is 0.0724. The number of carbonyl (C=O) groups excluding carboxylic acids is 1. The third kappa shape index (κ3) is 1.15. The van der Waals surface area contributed by atoms with Crippen molar-refractivity contribution in [3.05, 3.63) is 12.2 Å². The van der Waals surface area contributed by atoms with Gasteiger partial charge in [-0.1, -0.05) is 26.0 Å². The summed E-state index contributed by atoms with van der Waals surface area (Å²) in [5.41, 5.74) is 1.41. The molecule has 1 nitrogen and oxygen atoms in total. The smallest absolute Gasteiger partial charge is 0.142 e. The van der Waals surface area contributed by atoms with Crippen LogP contribution < -0.4 is 0 Å². The predicted octanol–water partition coefficient (Wildman–Crippen LogP) is 3.59. The van der Waals surface area contributed by atoms with Gasteiger partial charge in [0.25, 0.3) is 0 Å². The third-order valence-corrected chi connectivity index (χ3v) is 5.66. The summed E-state index contributed by atoms with van der Waals surface area (Å²) in [5, 5.41) is 0. The molecule has 0 aliphatic heterocycles. The third-order valence-electron chi connectivity index (χ3n) is 5.66. The quantitative estimate of drug-likeness (QED) is 0.568. The fourth-order valence-corrected chi connectivity index (χ4v) is 4.82. The van der Waals surface area contributed by atoms with E-state index in [0.717, 1.165) is 25.2 Å². The molecule has 0 radical (unpaired) electrons. The number of hydrogen-bond acceptors (Lipinski definition) is 1. The van der Waals surface area contributed by atoms with Crippen LogP contribution in [0.15, 0.2) is 12.2 Å². The lowest BCUT2D eigenvalue weighted by atomic mass is 9.71. The highest BCUT2D eigenvalue weighted by Gasteiger charge is 2.60. The molecule has 0 aromatic carbocycles. The lowest BCUT2D eigenvalue weighted by Crippen LogP contribution is -2.32. The number of fused-ring (bicyclic) bond motifs is 1. The Balaban J connectivity index is 2.07. The molecule has 3 saturated carbocycles. The monoisotopic (exact) mass is 218 g/mol. The van der Waals surface area contributed by atoms with Crippen molar-refractivity contribution < 1.29 is 4.79 Å². The van der Waals surface area contributed by atoms with Gasteiger partial charge in [-0.15, -0.1) is 0 Å². The Hall–Kier alpha value is -0.590. The van der Waals surface area contributed by atoms with Crippen LogP contribution in [0.4, 0.5) is 0 Å². The molecule has 5 atom stereocenters. The van der Waals surface area contributed by atoms with E-state index in [0.29, 0.717) is 23.5 Å². The van der Waals surface area contributed by atoms with Crippen LogP contribution in [0.25, 0.3) is 0 Å². The Morgan fingerprint density at radius 3 is 2.75 bits per heavy atom. The van der Waals surface area contributed by atoms with Gasteiger partial charge in [0.1, 0.15) is 5.78 Å². The highest BCUT2D eigenvalue weighted by molar-refractivity contribution is 5.91. The molecule has 0 amide bonds. The van der Waals surface area contributed by atoms with Gasteiger partial charge in [0.2, 0.25) is 0 Å². The summed E-state index contributed by atoms with van der Waals surface area (Å²) in [6.45, 7) is 8.81. The van der Waals surface area contributed by atoms with Gasteiger partial charge in [-0.05, 0) is 49.9 Å². The molecule has 3 fully saturated rings. The molecular weight excluding hydrogens is 196 g/mol. The average molecular weight is 218 g/mol. The summed E-state index contributed by atoms with van der Waals surface area (Å²) in [6, 6.07) is 0. The second kappa shape index (κ2) is 3.21. The Bertz CT molecular complexity index is 356. The number of Topliss-reactive ketones (excluding diaryl/α,β-unsaturated/α-hetero) is 1. The molecular formula is C15H22O. The van der Waals surface area contributed by atoms with E-state index in [1.165, 1.54) is 18.4 Å². The SMILES string of the molecule is C=C1C[C@H]2C(=O)[C@]3(CC[C@H](C)[C@@H]3C1)C[C@H]2C. The molecule has 0 heterocycles. The zero-order valence-electron chi connectivity index (χ0n) is 10.5. The largest absolute Gasteiger partial charge is 0.299 e. The maximum absolute atomic E-state index is 12.7. The summed E-state index contributed by atoms with van der Waals surface area (Å²) >= 11 is 0. The minimum atomic E-state index is 0.0724. The van der Waals surface area contributed by atoms with Crippen molar-refractivity contribution in [3.8, 4) is 0 Å². The van der Waals surface area contributed by atoms with Crippen LogP contribution in [-0.4, -0.2) is 5.78 Å². The first-order chi connectivity index (χ1) is 7.54. The maximum atomic E-state index is 12.7. The Labute approximate surface area is 98.3 Å². The minimum Gasteiger partial charge on any atom is -0.299 e. The highest BCUT2D eigenvalue weighted by atomic mass is 16.1. The van der Waals surface area contributed by atoms with E-state index >= 15 is 0 Å². The fraction of sp³-hybridized carbons (Fsp3) is 0.800. The number of allylic oxidation sites excluding steroid dienone is 1. The Morgan fingerprint density at radius 1 is 1.25 bits per heavy atom. The number of ketones is 1. The summed E-state index contributed by atoms with van der Waals surface area (Å²) in [6.07, 6.45) is 5.68. The van der Waals surface area contributed by atoms with Crippen LogP contribution in [0, 0.1) is 29.1 Å². The molecule has 1 spiro atoms. The second-order valence-corrected chi connectivity index (χ2v) is 6.59. The fourth-order valence-electron chi connectivity index (χ4n) is 4.82. The highest BCUT2D eigenvalue weighted by Crippen LogP contribution is 2.62. The zero-order valence-corrected chi connectivity index (χ0v) is 10.5. The van der Waals surface area contributed by atoms with Gasteiger partial charge in [0.15, 0.2) is 0 Å². The van der Waals surface area contributed by atoms with E-state index in [-0.39, 0.29) is 5.41 Å². The molecule has 0 unspecified atom stereocenters. The van der Waals surface area contributed by atoms with Gasteiger partial charge in [-0.3, -0.25) is 4.79 Å². The van der Waals surface area contributed by atoms with Crippen LogP contribution in [-0.2, 0) is 4.79 Å². The molecule has 0 N–H and O–H groups in total. The molecule has 3 rings (SSSR count). The summed E-state index contributed by atoms with van der Waals surface area (Å²) in [4.78, 5) is 12.7. The molecule has 2 bridgehead atoms. The van der Waals surface area contributed by atoms with Crippen LogP contribution in [0.3, 0.4) is 0 Å². The first-order valence-corrected chi connectivity index (χ1v) is 6.75. The maximum Gasteiger partial charge on any atom is 0.142 e. The van der Waals surface area contributed by atoms with Crippen molar-refractivity contribution in [1.82, 2.24) is 0 Å². The van der Waals surface area contributed by atoms with Crippen molar-refractivity contribution in [2.45, 2.75) is 46.0 Å². The van der Waals surface area contributed by atoms with E-state index in [9.17, 15) is 4.79 Å². The number of carbonyl (C=O) groups is 1. The van der Waals surface area contributed by atoms with Crippen LogP contribution in [0.5, 0.6) is 0 Å². The van der Waals surface area contributed by atoms with Gasteiger partial charge >= 0.3 is 0 Å². The molecule has 88 valence electrons. The first-order valence-electron chi connectivity index (χ1n) is 6.75. The molecule has 16 heavy (non-hydrogen) atoms. The van der Waals surface area contributed by atoms with E-state index in [1.807, 2.05) is 0 Å². The summed E-state index contributed by atoms with van der Waals surface area (Å²) in [5.74, 6) is 2.85. The van der Waals surface area contributed by atoms with Crippen molar-refractivity contribution in [2.24, 2.45) is 29.1 Å². The number of hydrogen-bond donors (Lipinski definition) is 0. The Morgan fingerprint density at radius 2 is 2.00 bits per heavy atom. The lowest BCUT2D eigenvalue weighted by molar-refractivity contribution is -0.130. The topological polar surface area (TPSA) is 17.1 Å². The van der Waals surface area contributed by atoms with Crippen molar-refractivity contribution >= 4 is 5.78 Å². The van der Waals surface area contributed by atoms with Gasteiger partial charge in [-0.25, -0.2) is 0 Å². The molecule has 0 aromatic heterocycles. The van der Waals surface area contributed by atoms with Crippen LogP contribution >= 0.6 is 0 Å². The zero-order chi connectivity index (χ0) is 11.5. The summed E-state index contributed by atoms with van der Waals surface area (Å²) < 4.78 is 0. The van der Waals surface area contributed by atoms with Crippen molar-refractivity contribution in [2.75, 3.05) is 0 Å². The van der Waals surface area contributed by atoms with Gasteiger partial charge in [0, 0.05) is 11.3 Å². The van der Waals surface area contributed by atoms with Crippen molar-refractivity contribution in [1.29, 1.82) is 0 Å². The van der Waals surface area contributed by atoms with Crippen LogP contribution in [0.1, 0.15) is 46.0 Å². The van der Waals surface area contributed by atoms with Crippen molar-refractivity contribution in [3.63, 3.8) is 0 Å². The average Bonchev–Trinajstić information content (AvgIpc) is 2.59.